The number of esters is 2. The third kappa shape index (κ3) is 7.41. The van der Waals surface area contributed by atoms with Gasteiger partial charge in [-0.3, -0.25) is 0 Å². The van der Waals surface area contributed by atoms with Gasteiger partial charge in [0.25, 0.3) is 0 Å². The lowest BCUT2D eigenvalue weighted by molar-refractivity contribution is -0.139. The van der Waals surface area contributed by atoms with E-state index in [0.29, 0.717) is 34.1 Å². The number of hydrogen-bond donors (Lipinski definition) is 2. The average molecular weight is 585 g/mol. The maximum atomic E-state index is 12.6. The smallest absolute Gasteiger partial charge is 0.412 e. The summed E-state index contributed by atoms with van der Waals surface area (Å²) in [5, 5.41) is 4.96. The number of amides is 2. The van der Waals surface area contributed by atoms with Crippen LogP contribution in [0.25, 0.3) is 11.1 Å². The van der Waals surface area contributed by atoms with Crippen LogP contribution in [-0.2, 0) is 19.1 Å². The van der Waals surface area contributed by atoms with E-state index in [1.165, 1.54) is 26.0 Å². The zero-order valence-electron chi connectivity index (χ0n) is 22.9. The van der Waals surface area contributed by atoms with Crippen molar-refractivity contribution in [2.24, 2.45) is 0 Å². The number of rotatable bonds is 11. The first kappa shape index (κ1) is 29.6. The highest BCUT2D eigenvalue weighted by Gasteiger charge is 2.26. The summed E-state index contributed by atoms with van der Waals surface area (Å²) in [6.07, 6.45) is -1.71. The zero-order chi connectivity index (χ0) is 30.2. The number of benzene rings is 2. The molecule has 0 atom stereocenters. The number of ether oxygens (including phenoxy) is 8. The third-order valence-corrected chi connectivity index (χ3v) is 5.55. The van der Waals surface area contributed by atoms with Crippen LogP contribution >= 0.6 is 0 Å². The second-order valence-electron chi connectivity index (χ2n) is 8.87. The van der Waals surface area contributed by atoms with Crippen molar-refractivity contribution < 1.29 is 57.1 Å². The maximum Gasteiger partial charge on any atom is 0.412 e. The highest BCUT2D eigenvalue weighted by molar-refractivity contribution is 5.88. The number of hydrogen-bond acceptors (Lipinski definition) is 12. The highest BCUT2D eigenvalue weighted by atomic mass is 16.7. The summed E-state index contributed by atoms with van der Waals surface area (Å²) in [7, 11) is 0. The Labute approximate surface area is 240 Å². The fourth-order valence-electron chi connectivity index (χ4n) is 3.55. The molecule has 0 unspecified atom stereocenters. The van der Waals surface area contributed by atoms with E-state index in [0.717, 1.165) is 0 Å². The van der Waals surface area contributed by atoms with Crippen molar-refractivity contribution in [1.82, 2.24) is 10.6 Å². The van der Waals surface area contributed by atoms with E-state index >= 15 is 0 Å². The van der Waals surface area contributed by atoms with Gasteiger partial charge in [-0.05, 0) is 26.0 Å². The van der Waals surface area contributed by atoms with Crippen LogP contribution < -0.4 is 39.1 Å². The molecule has 2 amide bonds. The molecule has 2 aromatic rings. The third-order valence-electron chi connectivity index (χ3n) is 5.55. The largest absolute Gasteiger partial charge is 0.460 e. The SMILES string of the molecule is C=C(C)C(=O)OCCNC(=O)Oc1cc2c(cc1-c1cc3c(cc1OC(=O)NCCOC(=O)C(=C)C)OCO3)OCO2. The van der Waals surface area contributed by atoms with Gasteiger partial charge in [-0.15, -0.1) is 0 Å². The lowest BCUT2D eigenvalue weighted by Gasteiger charge is -2.16. The molecule has 2 aliphatic rings. The van der Waals surface area contributed by atoms with E-state index in [2.05, 4.69) is 23.8 Å². The van der Waals surface area contributed by atoms with Crippen molar-refractivity contribution in [3.8, 4) is 45.6 Å². The van der Waals surface area contributed by atoms with Gasteiger partial charge in [0.1, 0.15) is 24.7 Å². The summed E-state index contributed by atoms with van der Waals surface area (Å²) < 4.78 is 42.9. The Morgan fingerprint density at radius 2 is 1.02 bits per heavy atom. The fraction of sp³-hybridized carbons (Fsp3) is 0.286. The number of fused-ring (bicyclic) bond motifs is 2. The Bertz CT molecular complexity index is 1330. The zero-order valence-corrected chi connectivity index (χ0v) is 22.9. The molecule has 0 saturated carbocycles. The van der Waals surface area contributed by atoms with E-state index in [1.54, 1.807) is 12.1 Å². The molecule has 0 fully saturated rings. The van der Waals surface area contributed by atoms with Crippen LogP contribution in [-0.4, -0.2) is 64.0 Å². The summed E-state index contributed by atoms with van der Waals surface area (Å²) >= 11 is 0. The molecule has 42 heavy (non-hydrogen) atoms. The van der Waals surface area contributed by atoms with E-state index in [1.807, 2.05) is 0 Å². The van der Waals surface area contributed by atoms with Gasteiger partial charge in [0.15, 0.2) is 23.0 Å². The molecule has 0 spiro atoms. The molecule has 2 heterocycles. The quantitative estimate of drug-likeness (QED) is 0.225. The summed E-state index contributed by atoms with van der Waals surface area (Å²) in [4.78, 5) is 48.3. The monoisotopic (exact) mass is 584 g/mol. The van der Waals surface area contributed by atoms with Crippen LogP contribution in [0.3, 0.4) is 0 Å². The maximum absolute atomic E-state index is 12.6. The van der Waals surface area contributed by atoms with Crippen molar-refractivity contribution in [2.75, 3.05) is 39.9 Å². The number of nitrogens with one attached hydrogen (secondary N) is 2. The van der Waals surface area contributed by atoms with Gasteiger partial charge in [0, 0.05) is 34.4 Å². The molecule has 4 rings (SSSR count). The molecule has 14 heteroatoms. The van der Waals surface area contributed by atoms with E-state index < -0.39 is 24.1 Å². The molecule has 0 saturated heterocycles. The van der Waals surface area contributed by atoms with Crippen LogP contribution in [0.4, 0.5) is 9.59 Å². The summed E-state index contributed by atoms with van der Waals surface area (Å²) in [6.45, 7) is 9.61. The van der Waals surface area contributed by atoms with Gasteiger partial charge in [0.05, 0.1) is 13.1 Å². The average Bonchev–Trinajstić information content (AvgIpc) is 3.60. The molecule has 2 N–H and O–H groups in total. The standard InChI is InChI=1S/C28H28N2O12/c1-15(2)25(31)35-7-5-29-27(33)41-19-11-23-21(37-13-39-23)9-17(19)18-10-22-24(40-14-38-22)12-20(18)42-28(34)30-6-8-36-26(32)16(3)4/h9-12H,1,3,5-8,13-14H2,2,4H3,(H,29,33)(H,30,34). The lowest BCUT2D eigenvalue weighted by atomic mass is 10.0. The van der Waals surface area contributed by atoms with E-state index in [4.69, 9.17) is 37.9 Å². The van der Waals surface area contributed by atoms with Gasteiger partial charge >= 0.3 is 24.1 Å². The van der Waals surface area contributed by atoms with Gasteiger partial charge in [0.2, 0.25) is 13.6 Å². The normalized spacial score (nSPS) is 12.1. The van der Waals surface area contributed by atoms with E-state index in [-0.39, 0.29) is 62.5 Å². The number of carbonyl (C=O) groups excluding carboxylic acids is 4. The molecule has 0 radical (unpaired) electrons. The Hall–Kier alpha value is -5.40. The molecule has 0 bridgehead atoms. The van der Waals surface area contributed by atoms with Crippen LogP contribution in [0.2, 0.25) is 0 Å². The summed E-state index contributed by atoms with van der Waals surface area (Å²) in [5.41, 5.74) is 1.03. The topological polar surface area (TPSA) is 166 Å². The molecule has 2 aliphatic heterocycles. The Morgan fingerprint density at radius 1 is 0.667 bits per heavy atom. The second-order valence-corrected chi connectivity index (χ2v) is 8.87. The minimum Gasteiger partial charge on any atom is -0.460 e. The Kier molecular flexibility index (Phi) is 9.37. The first-order valence-corrected chi connectivity index (χ1v) is 12.6. The molecule has 2 aromatic carbocycles. The molecular formula is C28H28N2O12. The summed E-state index contributed by atoms with van der Waals surface area (Å²) in [6, 6.07) is 6.00. The lowest BCUT2D eigenvalue weighted by Crippen LogP contribution is -2.31. The number of carbonyl (C=O) groups is 4. The van der Waals surface area contributed by atoms with E-state index in [9.17, 15) is 19.2 Å². The molecule has 0 aliphatic carbocycles. The van der Waals surface area contributed by atoms with Crippen molar-refractivity contribution in [3.05, 3.63) is 48.6 Å². The molecular weight excluding hydrogens is 556 g/mol. The van der Waals surface area contributed by atoms with Crippen LogP contribution in [0, 0.1) is 0 Å². The van der Waals surface area contributed by atoms with Crippen molar-refractivity contribution in [1.29, 1.82) is 0 Å². The fourth-order valence-corrected chi connectivity index (χ4v) is 3.55. The first-order valence-electron chi connectivity index (χ1n) is 12.6. The Balaban J connectivity index is 1.53. The predicted octanol–water partition coefficient (Wildman–Crippen LogP) is 3.23. The molecule has 222 valence electrons. The van der Waals surface area contributed by atoms with Crippen LogP contribution in [0.5, 0.6) is 34.5 Å². The minimum absolute atomic E-state index is 0.0298. The van der Waals surface area contributed by atoms with Crippen LogP contribution in [0.15, 0.2) is 48.6 Å². The minimum atomic E-state index is -0.855. The summed E-state index contributed by atoms with van der Waals surface area (Å²) in [5.74, 6) is 0.252. The van der Waals surface area contributed by atoms with Gasteiger partial charge in [-0.25, -0.2) is 19.2 Å². The highest BCUT2D eigenvalue weighted by Crippen LogP contribution is 2.48. The second kappa shape index (κ2) is 13.3. The van der Waals surface area contributed by atoms with Gasteiger partial charge in [-0.2, -0.15) is 0 Å². The van der Waals surface area contributed by atoms with Crippen molar-refractivity contribution in [2.45, 2.75) is 13.8 Å². The molecule has 14 nitrogen and oxygen atoms in total. The van der Waals surface area contributed by atoms with Crippen LogP contribution in [0.1, 0.15) is 13.8 Å². The van der Waals surface area contributed by atoms with Gasteiger partial charge in [-0.1, -0.05) is 13.2 Å². The Morgan fingerprint density at radius 3 is 1.38 bits per heavy atom. The van der Waals surface area contributed by atoms with Gasteiger partial charge < -0.3 is 48.5 Å². The predicted molar refractivity (Wildman–Crippen MR) is 144 cm³/mol. The van der Waals surface area contributed by atoms with Crippen molar-refractivity contribution >= 4 is 24.1 Å². The van der Waals surface area contributed by atoms with Crippen molar-refractivity contribution in [3.63, 3.8) is 0 Å². The first-order chi connectivity index (χ1) is 20.1. The molecule has 0 aromatic heterocycles.